The molecule has 0 saturated heterocycles. The molecular formula is C13H16N2O5. The predicted octanol–water partition coefficient (Wildman–Crippen LogP) is 0.783. The molecule has 0 radical (unpaired) electrons. The fourth-order valence-electron chi connectivity index (χ4n) is 1.30. The van der Waals surface area contributed by atoms with Crippen molar-refractivity contribution in [1.82, 2.24) is 10.6 Å². The van der Waals surface area contributed by atoms with E-state index in [9.17, 15) is 14.4 Å². The van der Waals surface area contributed by atoms with E-state index < -0.39 is 24.0 Å². The van der Waals surface area contributed by atoms with Gasteiger partial charge >= 0.3 is 12.0 Å². The van der Waals surface area contributed by atoms with Gasteiger partial charge in [-0.15, -0.1) is 0 Å². The van der Waals surface area contributed by atoms with Gasteiger partial charge in [0.15, 0.2) is 6.10 Å². The van der Waals surface area contributed by atoms with E-state index in [1.807, 2.05) is 5.32 Å². The van der Waals surface area contributed by atoms with Gasteiger partial charge in [-0.25, -0.2) is 9.59 Å². The Labute approximate surface area is 115 Å². The molecule has 0 saturated carbocycles. The van der Waals surface area contributed by atoms with Crippen LogP contribution >= 0.6 is 0 Å². The highest BCUT2D eigenvalue weighted by atomic mass is 16.5. The van der Waals surface area contributed by atoms with Crippen molar-refractivity contribution in [3.63, 3.8) is 0 Å². The minimum Gasteiger partial charge on any atom is -0.508 e. The molecule has 0 aliphatic carbocycles. The molecule has 7 nitrogen and oxygen atoms in total. The Morgan fingerprint density at radius 3 is 2.40 bits per heavy atom. The minimum atomic E-state index is -1.11. The average molecular weight is 280 g/mol. The highest BCUT2D eigenvalue weighted by Crippen LogP contribution is 2.11. The smallest absolute Gasteiger partial charge is 0.338 e. The molecule has 0 aromatic heterocycles. The van der Waals surface area contributed by atoms with Crippen molar-refractivity contribution in [2.75, 3.05) is 6.54 Å². The van der Waals surface area contributed by atoms with Crippen molar-refractivity contribution in [1.29, 1.82) is 0 Å². The molecule has 1 atom stereocenters. The van der Waals surface area contributed by atoms with Crippen molar-refractivity contribution >= 4 is 17.9 Å². The van der Waals surface area contributed by atoms with Gasteiger partial charge in [-0.1, -0.05) is 0 Å². The SMILES string of the molecule is CCNC(=O)NC(=O)[C@H](C)OC(=O)c1ccc(O)cc1. The number of rotatable bonds is 4. The molecule has 0 bridgehead atoms. The second-order valence-corrected chi connectivity index (χ2v) is 3.94. The first-order chi connectivity index (χ1) is 9.43. The quantitative estimate of drug-likeness (QED) is 0.707. The Morgan fingerprint density at radius 2 is 1.85 bits per heavy atom. The molecule has 108 valence electrons. The molecule has 3 N–H and O–H groups in total. The number of phenolic OH excluding ortho intramolecular Hbond substituents is 1. The van der Waals surface area contributed by atoms with Gasteiger partial charge in [-0.05, 0) is 38.1 Å². The van der Waals surface area contributed by atoms with Gasteiger partial charge in [0.05, 0.1) is 5.56 Å². The Hall–Kier alpha value is -2.57. The van der Waals surface area contributed by atoms with Gasteiger partial charge in [0.2, 0.25) is 0 Å². The third-order valence-electron chi connectivity index (χ3n) is 2.33. The van der Waals surface area contributed by atoms with Gasteiger partial charge in [-0.2, -0.15) is 0 Å². The Balaban J connectivity index is 2.54. The van der Waals surface area contributed by atoms with Crippen molar-refractivity contribution in [3.8, 4) is 5.75 Å². The minimum absolute atomic E-state index is 0.0172. The number of hydrogen-bond acceptors (Lipinski definition) is 5. The zero-order chi connectivity index (χ0) is 15.1. The van der Waals surface area contributed by atoms with E-state index in [1.54, 1.807) is 6.92 Å². The molecule has 0 aliphatic heterocycles. The van der Waals surface area contributed by atoms with E-state index in [2.05, 4.69) is 5.32 Å². The van der Waals surface area contributed by atoms with E-state index in [1.165, 1.54) is 31.2 Å². The van der Waals surface area contributed by atoms with Crippen molar-refractivity contribution in [3.05, 3.63) is 29.8 Å². The number of phenols is 1. The Morgan fingerprint density at radius 1 is 1.25 bits per heavy atom. The van der Waals surface area contributed by atoms with Gasteiger partial charge in [0.25, 0.3) is 5.91 Å². The molecule has 3 amide bonds. The van der Waals surface area contributed by atoms with Crippen molar-refractivity contribution in [2.24, 2.45) is 0 Å². The first-order valence-electron chi connectivity index (χ1n) is 6.02. The number of carbonyl (C=O) groups is 3. The number of imide groups is 1. The van der Waals surface area contributed by atoms with Gasteiger partial charge < -0.3 is 15.2 Å². The van der Waals surface area contributed by atoms with E-state index in [4.69, 9.17) is 9.84 Å². The molecular weight excluding hydrogens is 264 g/mol. The van der Waals surface area contributed by atoms with Crippen LogP contribution in [0.4, 0.5) is 4.79 Å². The van der Waals surface area contributed by atoms with Crippen LogP contribution in [0.1, 0.15) is 24.2 Å². The number of urea groups is 1. The van der Waals surface area contributed by atoms with Crippen LogP contribution in [0.2, 0.25) is 0 Å². The van der Waals surface area contributed by atoms with Crippen molar-refractivity contribution in [2.45, 2.75) is 20.0 Å². The van der Waals surface area contributed by atoms with Crippen LogP contribution in [-0.4, -0.2) is 35.7 Å². The molecule has 0 heterocycles. The van der Waals surface area contributed by atoms with Gasteiger partial charge in [0, 0.05) is 6.54 Å². The van der Waals surface area contributed by atoms with E-state index in [0.29, 0.717) is 6.54 Å². The lowest BCUT2D eigenvalue weighted by molar-refractivity contribution is -0.127. The normalized spacial score (nSPS) is 11.3. The van der Waals surface area contributed by atoms with E-state index in [-0.39, 0.29) is 11.3 Å². The van der Waals surface area contributed by atoms with Gasteiger partial charge in [-0.3, -0.25) is 10.1 Å². The number of carbonyl (C=O) groups excluding carboxylic acids is 3. The summed E-state index contributed by atoms with van der Waals surface area (Å²) >= 11 is 0. The number of benzene rings is 1. The van der Waals surface area contributed by atoms with Crippen LogP contribution in [0, 0.1) is 0 Å². The molecule has 0 unspecified atom stereocenters. The number of esters is 1. The maximum absolute atomic E-state index is 11.7. The molecule has 20 heavy (non-hydrogen) atoms. The summed E-state index contributed by atoms with van der Waals surface area (Å²) in [6, 6.07) is 4.74. The lowest BCUT2D eigenvalue weighted by Gasteiger charge is -2.13. The maximum atomic E-state index is 11.7. The lowest BCUT2D eigenvalue weighted by Crippen LogP contribution is -2.44. The summed E-state index contributed by atoms with van der Waals surface area (Å²) in [5.74, 6) is -1.42. The van der Waals surface area contributed by atoms with E-state index >= 15 is 0 Å². The highest BCUT2D eigenvalue weighted by Gasteiger charge is 2.20. The summed E-state index contributed by atoms with van der Waals surface area (Å²) in [6.45, 7) is 3.44. The molecule has 0 fully saturated rings. The van der Waals surface area contributed by atoms with Crippen LogP contribution in [-0.2, 0) is 9.53 Å². The van der Waals surface area contributed by atoms with Crippen molar-refractivity contribution < 1.29 is 24.2 Å². The fourth-order valence-corrected chi connectivity index (χ4v) is 1.30. The summed E-state index contributed by atoms with van der Waals surface area (Å²) in [6.07, 6.45) is -1.11. The molecule has 1 aromatic rings. The number of nitrogens with one attached hydrogen (secondary N) is 2. The van der Waals surface area contributed by atoms with Gasteiger partial charge in [0.1, 0.15) is 5.75 Å². The Kier molecular flexibility index (Phi) is 5.52. The molecule has 1 aromatic carbocycles. The zero-order valence-electron chi connectivity index (χ0n) is 11.2. The third kappa shape index (κ3) is 4.60. The zero-order valence-corrected chi connectivity index (χ0v) is 11.2. The summed E-state index contributed by atoms with van der Waals surface area (Å²) in [5.41, 5.74) is 0.195. The number of aromatic hydroxyl groups is 1. The number of ether oxygens (including phenoxy) is 1. The highest BCUT2D eigenvalue weighted by molar-refractivity contribution is 5.98. The summed E-state index contributed by atoms with van der Waals surface area (Å²) in [7, 11) is 0. The van der Waals surface area contributed by atoms with Crippen LogP contribution in [0.3, 0.4) is 0 Å². The summed E-state index contributed by atoms with van der Waals surface area (Å²) in [4.78, 5) is 34.4. The first-order valence-corrected chi connectivity index (χ1v) is 6.02. The molecule has 7 heteroatoms. The first kappa shape index (κ1) is 15.5. The topological polar surface area (TPSA) is 105 Å². The molecule has 1 rings (SSSR count). The number of hydrogen-bond donors (Lipinski definition) is 3. The predicted molar refractivity (Wildman–Crippen MR) is 70.2 cm³/mol. The average Bonchev–Trinajstić information content (AvgIpc) is 2.39. The summed E-state index contributed by atoms with van der Waals surface area (Å²) < 4.78 is 4.90. The van der Waals surface area contributed by atoms with Crippen LogP contribution in [0.25, 0.3) is 0 Å². The molecule has 0 aliphatic rings. The van der Waals surface area contributed by atoms with Crippen LogP contribution in [0.15, 0.2) is 24.3 Å². The Bertz CT molecular complexity index is 498. The largest absolute Gasteiger partial charge is 0.508 e. The van der Waals surface area contributed by atoms with Crippen LogP contribution < -0.4 is 10.6 Å². The number of amides is 3. The second kappa shape index (κ2) is 7.13. The van der Waals surface area contributed by atoms with Crippen LogP contribution in [0.5, 0.6) is 5.75 Å². The third-order valence-corrected chi connectivity index (χ3v) is 2.33. The molecule has 0 spiro atoms. The monoisotopic (exact) mass is 280 g/mol. The maximum Gasteiger partial charge on any atom is 0.338 e. The summed E-state index contributed by atoms with van der Waals surface area (Å²) in [5, 5.41) is 13.5. The van der Waals surface area contributed by atoms with E-state index in [0.717, 1.165) is 0 Å². The lowest BCUT2D eigenvalue weighted by atomic mass is 10.2. The standard InChI is InChI=1S/C13H16N2O5/c1-3-14-13(19)15-11(17)8(2)20-12(18)9-4-6-10(16)7-5-9/h4-8,16H,3H2,1-2H3,(H2,14,15,17,19)/t8-/m0/s1. The fraction of sp³-hybridized carbons (Fsp3) is 0.308. The second-order valence-electron chi connectivity index (χ2n) is 3.94.